The van der Waals surface area contributed by atoms with E-state index in [2.05, 4.69) is 10.4 Å². The molecule has 0 fully saturated rings. The zero-order valence-corrected chi connectivity index (χ0v) is 14.7. The van der Waals surface area contributed by atoms with E-state index in [1.165, 1.54) is 0 Å². The van der Waals surface area contributed by atoms with E-state index in [0.717, 1.165) is 21.9 Å². The molecule has 0 aliphatic carbocycles. The van der Waals surface area contributed by atoms with Gasteiger partial charge >= 0.3 is 0 Å². The minimum Gasteiger partial charge on any atom is -0.508 e. The highest BCUT2D eigenvalue weighted by atomic mass is 16.3. The molecule has 1 aromatic heterocycles. The summed E-state index contributed by atoms with van der Waals surface area (Å²) in [7, 11) is 0. The number of aryl methyl sites for hydroxylation is 1. The van der Waals surface area contributed by atoms with Crippen LogP contribution in [0.3, 0.4) is 0 Å². The maximum Gasteiger partial charge on any atom is 0.275 e. The third kappa shape index (κ3) is 4.33. The van der Waals surface area contributed by atoms with Gasteiger partial charge in [-0.2, -0.15) is 9.78 Å². The van der Waals surface area contributed by atoms with Crippen molar-refractivity contribution in [1.82, 2.24) is 15.1 Å². The number of hydrogen-bond acceptors (Lipinski definition) is 5. The van der Waals surface area contributed by atoms with Crippen molar-refractivity contribution in [2.75, 3.05) is 6.54 Å². The first-order valence-electron chi connectivity index (χ1n) is 8.40. The molecule has 0 radical (unpaired) electrons. The van der Waals surface area contributed by atoms with Gasteiger partial charge in [-0.3, -0.25) is 9.59 Å². The quantitative estimate of drug-likeness (QED) is 0.641. The van der Waals surface area contributed by atoms with Crippen LogP contribution in [-0.2, 0) is 6.42 Å². The average Bonchev–Trinajstić information content (AvgIpc) is 2.63. The Morgan fingerprint density at radius 2 is 1.85 bits per heavy atom. The molecule has 0 aliphatic heterocycles. The zero-order valence-electron chi connectivity index (χ0n) is 14.7. The van der Waals surface area contributed by atoms with Crippen LogP contribution in [0.2, 0.25) is 0 Å². The number of nitrogens with one attached hydrogen (secondary N) is 1. The van der Waals surface area contributed by atoms with Crippen LogP contribution in [0, 0.1) is 6.92 Å². The van der Waals surface area contributed by atoms with E-state index in [-0.39, 0.29) is 11.4 Å². The number of carbonyl (C=O) groups excluding carboxylic acids is 1. The van der Waals surface area contributed by atoms with Gasteiger partial charge in [-0.15, -0.1) is 0 Å². The van der Waals surface area contributed by atoms with Gasteiger partial charge < -0.3 is 15.5 Å². The summed E-state index contributed by atoms with van der Waals surface area (Å²) in [4.78, 5) is 24.5. The average molecular weight is 365 g/mol. The lowest BCUT2D eigenvalue weighted by molar-refractivity contribution is 0.0944. The van der Waals surface area contributed by atoms with Gasteiger partial charge in [0.15, 0.2) is 11.4 Å². The summed E-state index contributed by atoms with van der Waals surface area (Å²) in [6.45, 7) is 2.19. The molecule has 2 aromatic carbocycles. The van der Waals surface area contributed by atoms with E-state index in [1.807, 2.05) is 13.0 Å². The first-order valence-corrected chi connectivity index (χ1v) is 8.40. The molecule has 3 N–H and O–H groups in total. The maximum absolute atomic E-state index is 12.4. The SMILES string of the molecule is Cc1cccc(-n2nc(C(=O)NCCc3ccc(O)cc3)c(O)cc2=O)c1. The molecule has 0 saturated heterocycles. The molecule has 0 atom stereocenters. The number of carbonyl (C=O) groups is 1. The van der Waals surface area contributed by atoms with Crippen molar-refractivity contribution in [3.8, 4) is 17.2 Å². The van der Waals surface area contributed by atoms with Gasteiger partial charge in [0, 0.05) is 12.6 Å². The molecule has 27 heavy (non-hydrogen) atoms. The number of aromatic hydroxyl groups is 2. The Morgan fingerprint density at radius 3 is 2.56 bits per heavy atom. The standard InChI is InChI=1S/C20H19N3O4/c1-13-3-2-4-15(11-13)23-18(26)12-17(25)19(22-23)20(27)21-10-9-14-5-7-16(24)8-6-14/h2-8,11-12,24-25H,9-10H2,1H3,(H,21,27). The Balaban J connectivity index is 1.77. The van der Waals surface area contributed by atoms with E-state index < -0.39 is 17.2 Å². The first kappa shape index (κ1) is 18.2. The first-order chi connectivity index (χ1) is 12.9. The highest BCUT2D eigenvalue weighted by molar-refractivity contribution is 5.94. The molecule has 3 rings (SSSR count). The van der Waals surface area contributed by atoms with Gasteiger partial charge in [0.1, 0.15) is 5.75 Å². The lowest BCUT2D eigenvalue weighted by Crippen LogP contribution is -2.30. The second-order valence-corrected chi connectivity index (χ2v) is 6.14. The topological polar surface area (TPSA) is 104 Å². The van der Waals surface area contributed by atoms with E-state index in [0.29, 0.717) is 18.7 Å². The molecular formula is C20H19N3O4. The molecule has 3 aromatic rings. The minimum absolute atomic E-state index is 0.176. The van der Waals surface area contributed by atoms with Gasteiger partial charge in [-0.25, -0.2) is 0 Å². The predicted octanol–water partition coefficient (Wildman–Crippen LogP) is 1.92. The molecule has 0 bridgehead atoms. The Kier molecular flexibility index (Phi) is 5.21. The number of rotatable bonds is 5. The number of phenols is 1. The fourth-order valence-corrected chi connectivity index (χ4v) is 2.62. The molecule has 0 unspecified atom stereocenters. The Morgan fingerprint density at radius 1 is 1.11 bits per heavy atom. The van der Waals surface area contributed by atoms with Crippen molar-refractivity contribution in [2.24, 2.45) is 0 Å². The zero-order chi connectivity index (χ0) is 19.4. The van der Waals surface area contributed by atoms with Crippen LogP contribution in [-0.4, -0.2) is 32.4 Å². The highest BCUT2D eigenvalue weighted by Gasteiger charge is 2.16. The minimum atomic E-state index is -0.576. The lowest BCUT2D eigenvalue weighted by Gasteiger charge is -2.10. The Hall–Kier alpha value is -3.61. The maximum atomic E-state index is 12.4. The van der Waals surface area contributed by atoms with Crippen molar-refractivity contribution in [3.63, 3.8) is 0 Å². The van der Waals surface area contributed by atoms with Crippen LogP contribution < -0.4 is 10.9 Å². The van der Waals surface area contributed by atoms with Crippen molar-refractivity contribution < 1.29 is 15.0 Å². The number of amides is 1. The smallest absolute Gasteiger partial charge is 0.275 e. The number of nitrogens with zero attached hydrogens (tertiary/aromatic N) is 2. The van der Waals surface area contributed by atoms with Crippen molar-refractivity contribution in [2.45, 2.75) is 13.3 Å². The summed E-state index contributed by atoms with van der Waals surface area (Å²) in [6, 6.07) is 14.8. The molecule has 0 aliphatic rings. The third-order valence-corrected chi connectivity index (χ3v) is 4.01. The molecule has 0 spiro atoms. The van der Waals surface area contributed by atoms with Gasteiger partial charge in [-0.05, 0) is 48.7 Å². The van der Waals surface area contributed by atoms with Gasteiger partial charge in [-0.1, -0.05) is 24.3 Å². The fourth-order valence-electron chi connectivity index (χ4n) is 2.62. The number of benzene rings is 2. The van der Waals surface area contributed by atoms with Crippen LogP contribution in [0.15, 0.2) is 59.4 Å². The molecule has 1 amide bonds. The second kappa shape index (κ2) is 7.74. The molecule has 138 valence electrons. The third-order valence-electron chi connectivity index (χ3n) is 4.01. The van der Waals surface area contributed by atoms with Crippen LogP contribution in [0.5, 0.6) is 11.5 Å². The van der Waals surface area contributed by atoms with E-state index in [4.69, 9.17) is 0 Å². The summed E-state index contributed by atoms with van der Waals surface area (Å²) < 4.78 is 1.08. The molecule has 7 nitrogen and oxygen atoms in total. The fraction of sp³-hybridized carbons (Fsp3) is 0.150. The van der Waals surface area contributed by atoms with Crippen molar-refractivity contribution in [1.29, 1.82) is 0 Å². The summed E-state index contributed by atoms with van der Waals surface area (Å²) in [5.41, 5.74) is 1.64. The Bertz CT molecular complexity index is 1030. The molecule has 0 saturated carbocycles. The molecule has 7 heteroatoms. The van der Waals surface area contributed by atoms with Crippen molar-refractivity contribution in [3.05, 3.63) is 81.8 Å². The molecular weight excluding hydrogens is 346 g/mol. The van der Waals surface area contributed by atoms with Crippen LogP contribution in [0.4, 0.5) is 0 Å². The van der Waals surface area contributed by atoms with E-state index in [1.54, 1.807) is 42.5 Å². The van der Waals surface area contributed by atoms with Crippen LogP contribution >= 0.6 is 0 Å². The summed E-state index contributed by atoms with van der Waals surface area (Å²) in [5, 5.41) is 25.9. The van der Waals surface area contributed by atoms with E-state index in [9.17, 15) is 19.8 Å². The van der Waals surface area contributed by atoms with E-state index >= 15 is 0 Å². The van der Waals surface area contributed by atoms with Gasteiger partial charge in [0.25, 0.3) is 11.5 Å². The van der Waals surface area contributed by atoms with Crippen LogP contribution in [0.1, 0.15) is 21.6 Å². The predicted molar refractivity (Wildman–Crippen MR) is 100 cm³/mol. The van der Waals surface area contributed by atoms with Gasteiger partial charge in [0.2, 0.25) is 0 Å². The molecule has 1 heterocycles. The Labute approximate surface area is 155 Å². The number of hydrogen-bond donors (Lipinski definition) is 3. The lowest BCUT2D eigenvalue weighted by atomic mass is 10.1. The normalized spacial score (nSPS) is 10.6. The second-order valence-electron chi connectivity index (χ2n) is 6.14. The highest BCUT2D eigenvalue weighted by Crippen LogP contribution is 2.14. The van der Waals surface area contributed by atoms with Crippen molar-refractivity contribution >= 4 is 5.91 Å². The largest absolute Gasteiger partial charge is 0.508 e. The summed E-state index contributed by atoms with van der Waals surface area (Å²) >= 11 is 0. The summed E-state index contributed by atoms with van der Waals surface area (Å²) in [6.07, 6.45) is 0.546. The van der Waals surface area contributed by atoms with Crippen LogP contribution in [0.25, 0.3) is 5.69 Å². The number of phenolic OH excluding ortho intramolecular Hbond substituents is 1. The van der Waals surface area contributed by atoms with Gasteiger partial charge in [0.05, 0.1) is 5.69 Å². The number of aromatic nitrogens is 2. The monoisotopic (exact) mass is 365 g/mol. The summed E-state index contributed by atoms with van der Waals surface area (Å²) in [5.74, 6) is -0.867.